The van der Waals surface area contributed by atoms with E-state index < -0.39 is 36.2 Å². The zero-order valence-electron chi connectivity index (χ0n) is 41.1. The van der Waals surface area contributed by atoms with Gasteiger partial charge in [-0.1, -0.05) is 6.07 Å². The van der Waals surface area contributed by atoms with Gasteiger partial charge in [0, 0.05) is 101 Å². The molecule has 0 bridgehead atoms. The summed E-state index contributed by atoms with van der Waals surface area (Å²) in [5, 5.41) is 44.3. The van der Waals surface area contributed by atoms with Crippen molar-refractivity contribution in [2.24, 2.45) is 10.3 Å². The molecule has 0 radical (unpaired) electrons. The second-order valence-electron chi connectivity index (χ2n) is 17.6. The summed E-state index contributed by atoms with van der Waals surface area (Å²) in [4.78, 5) is 84.0. The summed E-state index contributed by atoms with van der Waals surface area (Å²) in [6, 6.07) is 30.0. The number of anilines is 3. The number of nitrogens with two attached hydrogens (primary N) is 2. The first-order valence-corrected chi connectivity index (χ1v) is 25.1. The van der Waals surface area contributed by atoms with Crippen LogP contribution >= 0.6 is 23.9 Å². The minimum Gasteiger partial charge on any atom is -0.480 e. The largest absolute Gasteiger partial charge is 0.480 e. The number of nitrogens with zero attached hydrogens (tertiary/aromatic N) is 4. The number of carbonyl (C=O) groups is 6. The van der Waals surface area contributed by atoms with Crippen molar-refractivity contribution in [3.63, 3.8) is 0 Å². The Morgan fingerprint density at radius 1 is 0.630 bits per heavy atom. The van der Waals surface area contributed by atoms with Crippen molar-refractivity contribution >= 4 is 87.5 Å². The topological polar surface area (TPSA) is 269 Å². The first-order chi connectivity index (χ1) is 35.0. The highest BCUT2D eigenvalue weighted by molar-refractivity contribution is 7.97. The molecule has 0 saturated heterocycles. The molecule has 1 heterocycles. The Morgan fingerprint density at radius 2 is 1.19 bits per heavy atom. The van der Waals surface area contributed by atoms with Crippen molar-refractivity contribution in [3.05, 3.63) is 120 Å². The van der Waals surface area contributed by atoms with Gasteiger partial charge in [-0.3, -0.25) is 44.1 Å². The second kappa shape index (κ2) is 26.4. The maximum Gasteiger partial charge on any atom is 0.336 e. The van der Waals surface area contributed by atoms with E-state index in [1.54, 1.807) is 65.6 Å². The molecule has 0 unspecified atom stereocenters. The number of fused-ring (bicyclic) bond motifs is 2. The maximum absolute atomic E-state index is 13.4. The van der Waals surface area contributed by atoms with E-state index in [0.717, 1.165) is 55.7 Å². The number of rotatable bonds is 25. The van der Waals surface area contributed by atoms with E-state index in [1.807, 2.05) is 74.1 Å². The van der Waals surface area contributed by atoms with E-state index in [-0.39, 0.29) is 49.8 Å². The lowest BCUT2D eigenvalue weighted by molar-refractivity contribution is -0.139. The molecule has 73 heavy (non-hydrogen) atoms. The average molecular weight is 1030 g/mol. The van der Waals surface area contributed by atoms with Crippen LogP contribution in [0.2, 0.25) is 0 Å². The Kier molecular flexibility index (Phi) is 19.9. The minimum absolute atomic E-state index is 0.0351. The summed E-state index contributed by atoms with van der Waals surface area (Å²) >= 11 is 2.13. The standard InChI is InChI=1S/C52H60N10O9S2/c1-59(2)36-13-20-41-44(27-36)71-45-28-37(60(3)4)14-21-42(45)50(41)40-19-8-33(26-43(40)52(69)70)51(68)56-23-7-5-6-22-55-46(63)29-61(30-47(64)57-34-9-15-38(72-53)16-10-34)24-25-62(32-49(66)67)31-48(65)58-35-11-17-39(73-54)18-12-35/h8-21,26-28H,5-7,22-25,29-32,53-54H2,1-4H3,(H5-,55,56,57,58,63,64,65,66,67,68,69,70)/p+1. The third-order valence-electron chi connectivity index (χ3n) is 11.7. The van der Waals surface area contributed by atoms with E-state index >= 15 is 0 Å². The van der Waals surface area contributed by atoms with Gasteiger partial charge in [0.25, 0.3) is 5.91 Å². The lowest BCUT2D eigenvalue weighted by Crippen LogP contribution is -2.46. The summed E-state index contributed by atoms with van der Waals surface area (Å²) < 4.78 is 8.37. The molecule has 1 aliphatic carbocycles. The van der Waals surface area contributed by atoms with Crippen molar-refractivity contribution in [2.75, 3.05) is 96.1 Å². The molecule has 0 saturated carbocycles. The molecule has 19 nitrogen and oxygen atoms in total. The van der Waals surface area contributed by atoms with Crippen molar-refractivity contribution < 1.29 is 43.4 Å². The molecule has 384 valence electrons. The number of carboxylic acid groups (broad SMARTS) is 2. The molecule has 4 aromatic rings. The summed E-state index contributed by atoms with van der Waals surface area (Å²) in [6.07, 6.45) is 1.78. The zero-order chi connectivity index (χ0) is 52.6. The fourth-order valence-corrected chi connectivity index (χ4v) is 8.54. The third kappa shape index (κ3) is 15.9. The normalized spacial score (nSPS) is 11.2. The number of carboxylic acids is 2. The van der Waals surface area contributed by atoms with Gasteiger partial charge in [-0.15, -0.1) is 0 Å². The van der Waals surface area contributed by atoms with Crippen LogP contribution in [0.3, 0.4) is 0 Å². The van der Waals surface area contributed by atoms with Gasteiger partial charge >= 0.3 is 11.9 Å². The molecule has 0 aromatic heterocycles. The molecule has 0 spiro atoms. The Balaban J connectivity index is 1.04. The Hall–Kier alpha value is -7.27. The van der Waals surface area contributed by atoms with Gasteiger partial charge < -0.3 is 40.8 Å². The van der Waals surface area contributed by atoms with Gasteiger partial charge in [0.15, 0.2) is 0 Å². The number of unbranched alkanes of at least 4 members (excludes halogenated alkanes) is 2. The number of aliphatic carboxylic acids is 1. The highest BCUT2D eigenvalue weighted by Gasteiger charge is 2.24. The van der Waals surface area contributed by atoms with Crippen molar-refractivity contribution in [3.8, 4) is 22.5 Å². The summed E-state index contributed by atoms with van der Waals surface area (Å²) in [6.45, 7) is -0.380. The smallest absolute Gasteiger partial charge is 0.336 e. The number of nitrogens with one attached hydrogen (secondary N) is 4. The summed E-state index contributed by atoms with van der Waals surface area (Å²) in [5.41, 5.74) is 4.52. The third-order valence-corrected chi connectivity index (χ3v) is 12.8. The lowest BCUT2D eigenvalue weighted by Gasteiger charge is -2.26. The number of benzene rings is 5. The number of amides is 4. The zero-order valence-corrected chi connectivity index (χ0v) is 42.7. The van der Waals surface area contributed by atoms with Crippen molar-refractivity contribution in [1.82, 2.24) is 25.0 Å². The van der Waals surface area contributed by atoms with Gasteiger partial charge in [0.05, 0.1) is 37.8 Å². The van der Waals surface area contributed by atoms with Gasteiger partial charge in [-0.05, 0) is 128 Å². The molecule has 0 atom stereocenters. The number of hydrogen-bond acceptors (Lipinski definition) is 14. The van der Waals surface area contributed by atoms with E-state index in [9.17, 15) is 39.0 Å². The number of aromatic carboxylic acids is 1. The van der Waals surface area contributed by atoms with Crippen molar-refractivity contribution in [2.45, 2.75) is 29.1 Å². The van der Waals surface area contributed by atoms with Gasteiger partial charge in [0.1, 0.15) is 25.4 Å². The summed E-state index contributed by atoms with van der Waals surface area (Å²) in [5.74, 6) is -3.41. The fraction of sp³-hybridized carbons (Fsp3) is 0.288. The molecule has 0 fully saturated rings. The number of carbonyl (C=O) groups excluding carboxylic acids is 4. The van der Waals surface area contributed by atoms with Crippen LogP contribution in [-0.2, 0) is 19.2 Å². The maximum atomic E-state index is 13.4. The first-order valence-electron chi connectivity index (χ1n) is 23.3. The lowest BCUT2D eigenvalue weighted by atomic mass is 9.89. The predicted octanol–water partition coefficient (Wildman–Crippen LogP) is 4.91. The van der Waals surface area contributed by atoms with Crippen LogP contribution < -0.4 is 46.4 Å². The second-order valence-corrected chi connectivity index (χ2v) is 19.0. The minimum atomic E-state index is -1.19. The Morgan fingerprint density at radius 3 is 1.74 bits per heavy atom. The van der Waals surface area contributed by atoms with Gasteiger partial charge in [0.2, 0.25) is 23.1 Å². The van der Waals surface area contributed by atoms with Gasteiger partial charge in [-0.25, -0.2) is 9.37 Å². The van der Waals surface area contributed by atoms with Crippen LogP contribution in [0.15, 0.2) is 117 Å². The molecule has 2 aliphatic rings. The quantitative estimate of drug-likeness (QED) is 0.0164. The molecule has 4 aromatic carbocycles. The van der Waals surface area contributed by atoms with Crippen LogP contribution in [0.25, 0.3) is 33.4 Å². The highest BCUT2D eigenvalue weighted by Crippen LogP contribution is 2.42. The van der Waals surface area contributed by atoms with E-state index in [4.69, 9.17) is 14.7 Å². The van der Waals surface area contributed by atoms with Crippen LogP contribution in [-0.4, -0.2) is 136 Å². The van der Waals surface area contributed by atoms with Gasteiger partial charge in [-0.2, -0.15) is 0 Å². The van der Waals surface area contributed by atoms with E-state index in [2.05, 4.69) is 21.3 Å². The molecular weight excluding hydrogens is 973 g/mol. The van der Waals surface area contributed by atoms with E-state index in [0.29, 0.717) is 66.2 Å². The molecular formula is C52H61N10O9S2+. The molecule has 4 amide bonds. The Labute approximate surface area is 431 Å². The number of hydrogen-bond donors (Lipinski definition) is 8. The van der Waals surface area contributed by atoms with Crippen LogP contribution in [0.5, 0.6) is 0 Å². The van der Waals surface area contributed by atoms with Crippen LogP contribution in [0.4, 0.5) is 17.1 Å². The Bertz CT molecular complexity index is 2980. The predicted molar refractivity (Wildman–Crippen MR) is 287 cm³/mol. The first kappa shape index (κ1) is 55.1. The van der Waals surface area contributed by atoms with Crippen LogP contribution in [0.1, 0.15) is 40.0 Å². The van der Waals surface area contributed by atoms with E-state index in [1.165, 1.54) is 11.0 Å². The average Bonchev–Trinajstić information content (AvgIpc) is 3.36. The summed E-state index contributed by atoms with van der Waals surface area (Å²) in [7, 11) is 7.71. The molecule has 6 rings (SSSR count). The molecule has 10 N–H and O–H groups in total. The monoisotopic (exact) mass is 1030 g/mol. The van der Waals surface area contributed by atoms with Crippen molar-refractivity contribution in [1.29, 1.82) is 0 Å². The van der Waals surface area contributed by atoms with Crippen LogP contribution in [0, 0.1) is 0 Å². The molecule has 21 heteroatoms. The highest BCUT2D eigenvalue weighted by atomic mass is 32.2. The fourth-order valence-electron chi connectivity index (χ4n) is 7.96. The molecule has 1 aliphatic heterocycles. The SMILES string of the molecule is CN(C)c1ccc2c(-c3ccc(C(=O)NCCCCCNC(=O)CN(CCN(CC(=O)O)CC(=O)Nc4ccc(SN)cc4)CC(=O)Nc4ccc(SN)cc4)cc3C(=O)O)c3ccc(=[N+](C)C)cc-3oc2c1.